The molecule has 0 atom stereocenters. The van der Waals surface area contributed by atoms with Gasteiger partial charge >= 0.3 is 6.18 Å². The molecule has 0 saturated carbocycles. The minimum Gasteiger partial charge on any atom is -0.483 e. The molecule has 0 heterocycles. The Morgan fingerprint density at radius 3 is 2.28 bits per heavy atom. The van der Waals surface area contributed by atoms with Crippen molar-refractivity contribution in [3.63, 3.8) is 0 Å². The Labute approximate surface area is 148 Å². The summed E-state index contributed by atoms with van der Waals surface area (Å²) in [5, 5.41) is 1.96. The zero-order chi connectivity index (χ0) is 18.8. The van der Waals surface area contributed by atoms with E-state index >= 15 is 0 Å². The van der Waals surface area contributed by atoms with Gasteiger partial charge in [0.15, 0.2) is 6.61 Å². The minimum absolute atomic E-state index is 0.00248. The number of hydrogen-bond donors (Lipinski definition) is 1. The molecule has 0 aliphatic carbocycles. The summed E-state index contributed by atoms with van der Waals surface area (Å²) in [5.74, 6) is 0.0302. The SMILES string of the molecule is Cc1cc(C)c(OCC(=O)Nc2ccc(Cl)c(C(F)(F)F)c2)c(C)c1. The van der Waals surface area contributed by atoms with E-state index < -0.39 is 22.7 Å². The second kappa shape index (κ2) is 7.35. The second-order valence-electron chi connectivity index (χ2n) is 5.76. The fourth-order valence-corrected chi connectivity index (χ4v) is 2.77. The molecule has 0 saturated heterocycles. The van der Waals surface area contributed by atoms with Gasteiger partial charge in [0, 0.05) is 5.69 Å². The molecule has 2 rings (SSSR count). The Bertz CT molecular complexity index is 780. The van der Waals surface area contributed by atoms with E-state index in [-0.39, 0.29) is 12.3 Å². The average molecular weight is 372 g/mol. The number of carbonyl (C=O) groups excluding carboxylic acids is 1. The molecule has 1 amide bonds. The van der Waals surface area contributed by atoms with Crippen molar-refractivity contribution in [2.24, 2.45) is 0 Å². The van der Waals surface area contributed by atoms with Crippen LogP contribution in [0.4, 0.5) is 18.9 Å². The van der Waals surface area contributed by atoms with Crippen LogP contribution in [0.15, 0.2) is 30.3 Å². The first kappa shape index (κ1) is 19.1. The molecular weight excluding hydrogens is 355 g/mol. The zero-order valence-electron chi connectivity index (χ0n) is 13.9. The maximum Gasteiger partial charge on any atom is 0.417 e. The molecule has 2 aromatic carbocycles. The third-order valence-electron chi connectivity index (χ3n) is 3.51. The van der Waals surface area contributed by atoms with Crippen molar-refractivity contribution in [2.75, 3.05) is 11.9 Å². The van der Waals surface area contributed by atoms with Gasteiger partial charge in [0.1, 0.15) is 5.75 Å². The molecule has 0 fully saturated rings. The number of hydrogen-bond acceptors (Lipinski definition) is 2. The van der Waals surface area contributed by atoms with Crippen LogP contribution in [-0.2, 0) is 11.0 Å². The van der Waals surface area contributed by atoms with E-state index in [1.54, 1.807) is 0 Å². The smallest absolute Gasteiger partial charge is 0.417 e. The molecule has 0 spiro atoms. The molecule has 0 aliphatic rings. The van der Waals surface area contributed by atoms with Crippen LogP contribution < -0.4 is 10.1 Å². The summed E-state index contributed by atoms with van der Waals surface area (Å²) in [5.41, 5.74) is 1.85. The molecule has 0 aromatic heterocycles. The number of rotatable bonds is 4. The largest absolute Gasteiger partial charge is 0.483 e. The van der Waals surface area contributed by atoms with Crippen molar-refractivity contribution >= 4 is 23.2 Å². The molecule has 2 aromatic rings. The number of carbonyl (C=O) groups is 1. The van der Waals surface area contributed by atoms with Crippen LogP contribution in [0.25, 0.3) is 0 Å². The van der Waals surface area contributed by atoms with Gasteiger partial charge in [0.2, 0.25) is 0 Å². The first-order chi connectivity index (χ1) is 11.6. The van der Waals surface area contributed by atoms with Gasteiger partial charge in [-0.1, -0.05) is 29.3 Å². The number of halogens is 4. The lowest BCUT2D eigenvalue weighted by Crippen LogP contribution is -2.21. The highest BCUT2D eigenvalue weighted by Crippen LogP contribution is 2.36. The Balaban J connectivity index is 2.07. The van der Waals surface area contributed by atoms with Gasteiger partial charge in [-0.2, -0.15) is 13.2 Å². The summed E-state index contributed by atoms with van der Waals surface area (Å²) < 4.78 is 44.0. The summed E-state index contributed by atoms with van der Waals surface area (Å²) in [6, 6.07) is 7.04. The maximum absolute atomic E-state index is 12.8. The third kappa shape index (κ3) is 4.89. The predicted octanol–water partition coefficient (Wildman–Crippen LogP) is 5.30. The van der Waals surface area contributed by atoms with Crippen molar-refractivity contribution in [3.05, 3.63) is 57.6 Å². The zero-order valence-corrected chi connectivity index (χ0v) is 14.7. The summed E-state index contributed by atoms with van der Waals surface area (Å²) in [7, 11) is 0. The lowest BCUT2D eigenvalue weighted by molar-refractivity contribution is -0.137. The Morgan fingerprint density at radius 1 is 1.12 bits per heavy atom. The fraction of sp³-hybridized carbons (Fsp3) is 0.278. The number of ether oxygens (including phenoxy) is 1. The minimum atomic E-state index is -4.59. The molecule has 0 aliphatic heterocycles. The third-order valence-corrected chi connectivity index (χ3v) is 3.84. The van der Waals surface area contributed by atoms with E-state index in [9.17, 15) is 18.0 Å². The van der Waals surface area contributed by atoms with Gasteiger partial charge < -0.3 is 10.1 Å². The Morgan fingerprint density at radius 2 is 1.72 bits per heavy atom. The van der Waals surface area contributed by atoms with Gasteiger partial charge in [0.25, 0.3) is 5.91 Å². The van der Waals surface area contributed by atoms with E-state index in [1.165, 1.54) is 6.07 Å². The highest BCUT2D eigenvalue weighted by atomic mass is 35.5. The van der Waals surface area contributed by atoms with Crippen LogP contribution in [0, 0.1) is 20.8 Å². The molecule has 25 heavy (non-hydrogen) atoms. The Hall–Kier alpha value is -2.21. The van der Waals surface area contributed by atoms with Crippen molar-refractivity contribution in [2.45, 2.75) is 26.9 Å². The second-order valence-corrected chi connectivity index (χ2v) is 6.16. The topological polar surface area (TPSA) is 38.3 Å². The highest BCUT2D eigenvalue weighted by molar-refractivity contribution is 6.31. The number of aryl methyl sites for hydroxylation is 3. The van der Waals surface area contributed by atoms with Gasteiger partial charge in [-0.25, -0.2) is 0 Å². The van der Waals surface area contributed by atoms with Crippen LogP contribution in [0.2, 0.25) is 5.02 Å². The molecule has 0 radical (unpaired) electrons. The molecule has 7 heteroatoms. The first-order valence-corrected chi connectivity index (χ1v) is 7.83. The van der Waals surface area contributed by atoms with Crippen molar-refractivity contribution in [1.82, 2.24) is 0 Å². The standard InChI is InChI=1S/C18H17ClF3NO2/c1-10-6-11(2)17(12(3)7-10)25-9-16(24)23-13-4-5-15(19)14(8-13)18(20,21)22/h4-8H,9H2,1-3H3,(H,23,24). The van der Waals surface area contributed by atoms with Crippen molar-refractivity contribution in [3.8, 4) is 5.75 Å². The van der Waals surface area contributed by atoms with Crippen LogP contribution in [0.1, 0.15) is 22.3 Å². The van der Waals surface area contributed by atoms with Crippen molar-refractivity contribution < 1.29 is 22.7 Å². The summed E-state index contributed by atoms with van der Waals surface area (Å²) >= 11 is 5.55. The predicted molar refractivity (Wildman–Crippen MR) is 91.2 cm³/mol. The first-order valence-electron chi connectivity index (χ1n) is 7.45. The van der Waals surface area contributed by atoms with Gasteiger partial charge in [-0.05, 0) is 50.1 Å². The van der Waals surface area contributed by atoms with E-state index in [2.05, 4.69) is 5.32 Å². The number of anilines is 1. The number of amides is 1. The molecule has 0 bridgehead atoms. The normalized spacial score (nSPS) is 11.3. The van der Waals surface area contributed by atoms with E-state index in [0.717, 1.165) is 28.8 Å². The lowest BCUT2D eigenvalue weighted by Gasteiger charge is -2.14. The monoisotopic (exact) mass is 371 g/mol. The maximum atomic E-state index is 12.8. The summed E-state index contributed by atoms with van der Waals surface area (Å²) in [6.07, 6.45) is -4.59. The number of benzene rings is 2. The fourth-order valence-electron chi connectivity index (χ4n) is 2.55. The summed E-state index contributed by atoms with van der Waals surface area (Å²) in [6.45, 7) is 5.37. The highest BCUT2D eigenvalue weighted by Gasteiger charge is 2.33. The quantitative estimate of drug-likeness (QED) is 0.791. The molecule has 134 valence electrons. The number of nitrogens with one attached hydrogen (secondary N) is 1. The molecule has 3 nitrogen and oxygen atoms in total. The van der Waals surface area contributed by atoms with Crippen LogP contribution >= 0.6 is 11.6 Å². The Kier molecular flexibility index (Phi) is 5.62. The van der Waals surface area contributed by atoms with Crippen LogP contribution in [0.5, 0.6) is 5.75 Å². The van der Waals surface area contributed by atoms with Crippen LogP contribution in [0.3, 0.4) is 0 Å². The molecular formula is C18H17ClF3NO2. The number of alkyl halides is 3. The van der Waals surface area contributed by atoms with Gasteiger partial charge in [0.05, 0.1) is 10.6 Å². The molecule has 1 N–H and O–H groups in total. The average Bonchev–Trinajstić information content (AvgIpc) is 2.47. The van der Waals surface area contributed by atoms with Crippen molar-refractivity contribution in [1.29, 1.82) is 0 Å². The van der Waals surface area contributed by atoms with Gasteiger partial charge in [-0.3, -0.25) is 4.79 Å². The lowest BCUT2D eigenvalue weighted by atomic mass is 10.1. The van der Waals surface area contributed by atoms with E-state index in [4.69, 9.17) is 16.3 Å². The van der Waals surface area contributed by atoms with Crippen LogP contribution in [-0.4, -0.2) is 12.5 Å². The molecule has 0 unspecified atom stereocenters. The van der Waals surface area contributed by atoms with E-state index in [0.29, 0.717) is 5.75 Å². The van der Waals surface area contributed by atoms with Gasteiger partial charge in [-0.15, -0.1) is 0 Å². The summed E-state index contributed by atoms with van der Waals surface area (Å²) in [4.78, 5) is 12.0. The van der Waals surface area contributed by atoms with E-state index in [1.807, 2.05) is 32.9 Å².